The van der Waals surface area contributed by atoms with Crippen LogP contribution in [0.15, 0.2) is 0 Å². The molecule has 0 aromatic rings. The summed E-state index contributed by atoms with van der Waals surface area (Å²) in [6, 6.07) is 0. The van der Waals surface area contributed by atoms with E-state index in [0.29, 0.717) is 5.41 Å². The predicted molar refractivity (Wildman–Crippen MR) is 91.0 cm³/mol. The first kappa shape index (κ1) is 18.0. The highest BCUT2D eigenvalue weighted by Crippen LogP contribution is 2.55. The average Bonchev–Trinajstić information content (AvgIpc) is 2.43. The van der Waals surface area contributed by atoms with E-state index in [2.05, 4.69) is 46.9 Å². The van der Waals surface area contributed by atoms with Gasteiger partial charge in [0.15, 0.2) is 0 Å². The van der Waals surface area contributed by atoms with Crippen LogP contribution in [0.1, 0.15) is 80.1 Å². The molecule has 0 aromatic carbocycles. The van der Waals surface area contributed by atoms with Crippen molar-refractivity contribution in [3.05, 3.63) is 0 Å². The Morgan fingerprint density at radius 2 is 1.90 bits per heavy atom. The molecule has 1 N–H and O–H groups in total. The van der Waals surface area contributed by atoms with Crippen LogP contribution in [0.2, 0.25) is 0 Å². The molecule has 1 aliphatic rings. The average molecular weight is 282 g/mol. The maximum atomic E-state index is 3.66. The molecule has 1 nitrogen and oxygen atoms in total. The van der Waals surface area contributed by atoms with Crippen LogP contribution in [0.3, 0.4) is 0 Å². The first-order valence-electron chi connectivity index (χ1n) is 9.21. The van der Waals surface area contributed by atoms with Crippen LogP contribution < -0.4 is 5.32 Å². The summed E-state index contributed by atoms with van der Waals surface area (Å²) >= 11 is 0. The largest absolute Gasteiger partial charge is 0.316 e. The van der Waals surface area contributed by atoms with Crippen LogP contribution in [-0.2, 0) is 0 Å². The maximum Gasteiger partial charge on any atom is 0.00104 e. The highest BCUT2D eigenvalue weighted by molar-refractivity contribution is 4.99. The fourth-order valence-corrected chi connectivity index (χ4v) is 4.43. The van der Waals surface area contributed by atoms with Gasteiger partial charge in [0.05, 0.1) is 0 Å². The summed E-state index contributed by atoms with van der Waals surface area (Å²) in [4.78, 5) is 0. The SMILES string of the molecule is CCCCC1CC(C(C)(CNCC)C(C)CCC)C1C. The molecular weight excluding hydrogens is 242 g/mol. The monoisotopic (exact) mass is 281 g/mol. The lowest BCUT2D eigenvalue weighted by molar-refractivity contribution is -0.0545. The molecule has 0 saturated heterocycles. The third-order valence-electron chi connectivity index (χ3n) is 6.31. The summed E-state index contributed by atoms with van der Waals surface area (Å²) in [6.07, 6.45) is 8.43. The zero-order valence-corrected chi connectivity index (χ0v) is 15.0. The van der Waals surface area contributed by atoms with Crippen molar-refractivity contribution in [3.8, 4) is 0 Å². The van der Waals surface area contributed by atoms with E-state index in [1.807, 2.05) is 0 Å². The molecule has 0 heterocycles. The van der Waals surface area contributed by atoms with Gasteiger partial charge in [0, 0.05) is 6.54 Å². The highest BCUT2D eigenvalue weighted by atomic mass is 14.9. The first-order chi connectivity index (χ1) is 9.51. The van der Waals surface area contributed by atoms with Crippen LogP contribution in [0.5, 0.6) is 0 Å². The molecule has 0 amide bonds. The molecule has 0 bridgehead atoms. The molecule has 1 heteroatoms. The summed E-state index contributed by atoms with van der Waals surface area (Å²) in [5.41, 5.74) is 0.494. The standard InChI is InChI=1S/C19H39N/c1-7-10-12-17-13-18(16(17)5)19(6,14-20-9-3)15(4)11-8-2/h15-18,20H,7-14H2,1-6H3. The second-order valence-electron chi connectivity index (χ2n) is 7.58. The quantitative estimate of drug-likeness (QED) is 0.557. The first-order valence-corrected chi connectivity index (χ1v) is 9.21. The van der Waals surface area contributed by atoms with Crippen LogP contribution in [-0.4, -0.2) is 13.1 Å². The van der Waals surface area contributed by atoms with Crippen LogP contribution in [0.25, 0.3) is 0 Å². The Balaban J connectivity index is 2.65. The Morgan fingerprint density at radius 3 is 2.40 bits per heavy atom. The molecule has 120 valence electrons. The van der Waals surface area contributed by atoms with E-state index in [1.54, 1.807) is 0 Å². The van der Waals surface area contributed by atoms with E-state index in [9.17, 15) is 0 Å². The minimum atomic E-state index is 0.494. The van der Waals surface area contributed by atoms with E-state index in [1.165, 1.54) is 45.1 Å². The highest BCUT2D eigenvalue weighted by Gasteiger charge is 2.49. The van der Waals surface area contributed by atoms with Gasteiger partial charge in [0.2, 0.25) is 0 Å². The molecule has 5 atom stereocenters. The van der Waals surface area contributed by atoms with Gasteiger partial charge < -0.3 is 5.32 Å². The Hall–Kier alpha value is -0.0400. The van der Waals surface area contributed by atoms with Crippen LogP contribution in [0.4, 0.5) is 0 Å². The Labute approximate surface area is 128 Å². The summed E-state index contributed by atoms with van der Waals surface area (Å²) in [7, 11) is 0. The molecule has 0 aliphatic heterocycles. The molecule has 1 aliphatic carbocycles. The maximum absolute atomic E-state index is 3.66. The van der Waals surface area contributed by atoms with E-state index in [4.69, 9.17) is 0 Å². The summed E-state index contributed by atoms with van der Waals surface area (Å²) in [6.45, 7) is 16.8. The summed E-state index contributed by atoms with van der Waals surface area (Å²) < 4.78 is 0. The number of hydrogen-bond acceptors (Lipinski definition) is 1. The molecule has 0 radical (unpaired) electrons. The molecule has 0 spiro atoms. The van der Waals surface area contributed by atoms with Gasteiger partial charge in [-0.2, -0.15) is 0 Å². The van der Waals surface area contributed by atoms with E-state index in [-0.39, 0.29) is 0 Å². The van der Waals surface area contributed by atoms with Gasteiger partial charge in [-0.1, -0.05) is 73.6 Å². The number of nitrogens with one attached hydrogen (secondary N) is 1. The molecule has 5 unspecified atom stereocenters. The molecular formula is C19H39N. The fraction of sp³-hybridized carbons (Fsp3) is 1.00. The smallest absolute Gasteiger partial charge is 0.00104 e. The van der Waals surface area contributed by atoms with Gasteiger partial charge >= 0.3 is 0 Å². The van der Waals surface area contributed by atoms with Crippen molar-refractivity contribution >= 4 is 0 Å². The second-order valence-corrected chi connectivity index (χ2v) is 7.58. The van der Waals surface area contributed by atoms with Crippen LogP contribution in [0, 0.1) is 29.1 Å². The second kappa shape index (κ2) is 8.41. The summed E-state index contributed by atoms with van der Waals surface area (Å²) in [5, 5.41) is 3.66. The molecule has 1 rings (SSSR count). The number of unbranched alkanes of at least 4 members (excludes halogenated alkanes) is 1. The van der Waals surface area contributed by atoms with Crippen molar-refractivity contribution in [2.45, 2.75) is 80.1 Å². The zero-order valence-electron chi connectivity index (χ0n) is 15.0. The third kappa shape index (κ3) is 4.00. The molecule has 20 heavy (non-hydrogen) atoms. The number of rotatable bonds is 10. The minimum absolute atomic E-state index is 0.494. The Bertz CT molecular complexity index is 262. The minimum Gasteiger partial charge on any atom is -0.316 e. The lowest BCUT2D eigenvalue weighted by atomic mass is 9.51. The topological polar surface area (TPSA) is 12.0 Å². The normalized spacial score (nSPS) is 30.6. The van der Waals surface area contributed by atoms with Gasteiger partial charge in [-0.25, -0.2) is 0 Å². The molecule has 0 aromatic heterocycles. The molecule has 1 fully saturated rings. The number of hydrogen-bond donors (Lipinski definition) is 1. The van der Waals surface area contributed by atoms with E-state index in [0.717, 1.165) is 30.2 Å². The van der Waals surface area contributed by atoms with Gasteiger partial charge in [-0.3, -0.25) is 0 Å². The van der Waals surface area contributed by atoms with Gasteiger partial charge in [0.25, 0.3) is 0 Å². The lowest BCUT2D eigenvalue weighted by Crippen LogP contribution is -2.52. The van der Waals surface area contributed by atoms with Crippen LogP contribution >= 0.6 is 0 Å². The third-order valence-corrected chi connectivity index (χ3v) is 6.31. The Kier molecular flexibility index (Phi) is 7.58. The van der Waals surface area contributed by atoms with Crippen molar-refractivity contribution in [1.29, 1.82) is 0 Å². The van der Waals surface area contributed by atoms with Gasteiger partial charge in [-0.15, -0.1) is 0 Å². The van der Waals surface area contributed by atoms with Crippen molar-refractivity contribution in [2.24, 2.45) is 29.1 Å². The van der Waals surface area contributed by atoms with Crippen molar-refractivity contribution in [1.82, 2.24) is 5.32 Å². The van der Waals surface area contributed by atoms with E-state index >= 15 is 0 Å². The van der Waals surface area contributed by atoms with Gasteiger partial charge in [-0.05, 0) is 42.1 Å². The van der Waals surface area contributed by atoms with Gasteiger partial charge in [0.1, 0.15) is 0 Å². The molecule has 1 saturated carbocycles. The predicted octanol–water partition coefficient (Wildman–Crippen LogP) is 5.50. The van der Waals surface area contributed by atoms with Crippen molar-refractivity contribution < 1.29 is 0 Å². The fourth-order valence-electron chi connectivity index (χ4n) is 4.43. The zero-order chi connectivity index (χ0) is 15.2. The van der Waals surface area contributed by atoms with Crippen molar-refractivity contribution in [3.63, 3.8) is 0 Å². The lowest BCUT2D eigenvalue weighted by Gasteiger charge is -2.55. The van der Waals surface area contributed by atoms with E-state index < -0.39 is 0 Å². The summed E-state index contributed by atoms with van der Waals surface area (Å²) in [5.74, 6) is 3.72. The van der Waals surface area contributed by atoms with Crippen molar-refractivity contribution in [2.75, 3.05) is 13.1 Å². The Morgan fingerprint density at radius 1 is 1.20 bits per heavy atom.